The molecule has 26 heavy (non-hydrogen) atoms. The van der Waals surface area contributed by atoms with Crippen LogP contribution in [0.15, 0.2) is 48.5 Å². The molecular formula is C19H19F3N2O2. The van der Waals surface area contributed by atoms with E-state index in [1.807, 2.05) is 4.90 Å². The summed E-state index contributed by atoms with van der Waals surface area (Å²) in [4.78, 5) is 16.3. The fraction of sp³-hybridized carbons (Fsp3) is 0.316. The monoisotopic (exact) mass is 364 g/mol. The minimum Gasteiger partial charge on any atom is -0.497 e. The van der Waals surface area contributed by atoms with Crippen molar-refractivity contribution in [1.82, 2.24) is 4.90 Å². The second-order valence-electron chi connectivity index (χ2n) is 6.05. The first-order valence-corrected chi connectivity index (χ1v) is 8.24. The molecule has 1 saturated heterocycles. The molecule has 1 aliphatic rings. The van der Waals surface area contributed by atoms with Crippen LogP contribution in [0.2, 0.25) is 0 Å². The lowest BCUT2D eigenvalue weighted by atomic mass is 10.1. The van der Waals surface area contributed by atoms with Gasteiger partial charge >= 0.3 is 6.18 Å². The Morgan fingerprint density at radius 2 is 1.50 bits per heavy atom. The van der Waals surface area contributed by atoms with Gasteiger partial charge in [0.05, 0.1) is 12.7 Å². The zero-order valence-corrected chi connectivity index (χ0v) is 14.3. The van der Waals surface area contributed by atoms with Gasteiger partial charge in [-0.2, -0.15) is 13.2 Å². The zero-order chi connectivity index (χ0) is 18.7. The maximum atomic E-state index is 12.6. The number of nitrogens with zero attached hydrogens (tertiary/aromatic N) is 2. The van der Waals surface area contributed by atoms with Gasteiger partial charge in [0.2, 0.25) is 0 Å². The highest BCUT2D eigenvalue weighted by atomic mass is 19.4. The van der Waals surface area contributed by atoms with Gasteiger partial charge in [0.25, 0.3) is 5.91 Å². The maximum absolute atomic E-state index is 12.6. The third-order valence-electron chi connectivity index (χ3n) is 4.46. The quantitative estimate of drug-likeness (QED) is 0.833. The Bertz CT molecular complexity index is 750. The number of carbonyl (C=O) groups excluding carboxylic acids is 1. The fourth-order valence-electron chi connectivity index (χ4n) is 2.95. The molecule has 1 amide bonds. The Kier molecular flexibility index (Phi) is 5.06. The number of ether oxygens (including phenoxy) is 1. The molecule has 0 unspecified atom stereocenters. The van der Waals surface area contributed by atoms with Crippen molar-refractivity contribution in [3.8, 4) is 5.75 Å². The molecule has 2 aromatic rings. The van der Waals surface area contributed by atoms with E-state index >= 15 is 0 Å². The van der Waals surface area contributed by atoms with Crippen LogP contribution in [-0.2, 0) is 6.18 Å². The van der Waals surface area contributed by atoms with Crippen LogP contribution < -0.4 is 9.64 Å². The van der Waals surface area contributed by atoms with Crippen molar-refractivity contribution in [3.63, 3.8) is 0 Å². The molecule has 0 N–H and O–H groups in total. The van der Waals surface area contributed by atoms with Crippen LogP contribution in [0.25, 0.3) is 0 Å². The summed E-state index contributed by atoms with van der Waals surface area (Å²) in [7, 11) is 1.57. The van der Waals surface area contributed by atoms with Gasteiger partial charge < -0.3 is 14.5 Å². The predicted molar refractivity (Wildman–Crippen MR) is 92.6 cm³/mol. The summed E-state index contributed by atoms with van der Waals surface area (Å²) < 4.78 is 43.0. The van der Waals surface area contributed by atoms with Crippen molar-refractivity contribution in [2.75, 3.05) is 38.2 Å². The largest absolute Gasteiger partial charge is 0.497 e. The zero-order valence-electron chi connectivity index (χ0n) is 14.3. The molecule has 0 atom stereocenters. The number of methoxy groups -OCH3 is 1. The number of hydrogen-bond acceptors (Lipinski definition) is 3. The van der Waals surface area contributed by atoms with Crippen LogP contribution >= 0.6 is 0 Å². The van der Waals surface area contributed by atoms with Crippen LogP contribution in [-0.4, -0.2) is 44.1 Å². The lowest BCUT2D eigenvalue weighted by Gasteiger charge is -2.36. The first-order chi connectivity index (χ1) is 12.4. The van der Waals surface area contributed by atoms with Gasteiger partial charge in [-0.25, -0.2) is 0 Å². The van der Waals surface area contributed by atoms with Crippen molar-refractivity contribution in [2.24, 2.45) is 0 Å². The highest BCUT2D eigenvalue weighted by Gasteiger charge is 2.30. The van der Waals surface area contributed by atoms with Gasteiger partial charge in [0.1, 0.15) is 5.75 Å². The smallest absolute Gasteiger partial charge is 0.416 e. The standard InChI is InChI=1S/C19H19F3N2O2/c1-26-17-8-2-14(3-9-17)18(25)24-12-10-23(11-13-24)16-6-4-15(5-7-16)19(20,21)22/h2-9H,10-13H2,1H3. The lowest BCUT2D eigenvalue weighted by Crippen LogP contribution is -2.48. The van der Waals surface area contributed by atoms with Crippen molar-refractivity contribution in [3.05, 3.63) is 59.7 Å². The van der Waals surface area contributed by atoms with E-state index in [9.17, 15) is 18.0 Å². The summed E-state index contributed by atoms with van der Waals surface area (Å²) >= 11 is 0. The molecule has 4 nitrogen and oxygen atoms in total. The number of carbonyl (C=O) groups is 1. The first kappa shape index (κ1) is 18.1. The molecule has 0 saturated carbocycles. The number of amides is 1. The predicted octanol–water partition coefficient (Wildman–Crippen LogP) is 3.68. The molecule has 2 aromatic carbocycles. The minimum atomic E-state index is -4.33. The Morgan fingerprint density at radius 3 is 2.00 bits per heavy atom. The summed E-state index contributed by atoms with van der Waals surface area (Å²) in [5.41, 5.74) is 0.665. The van der Waals surface area contributed by atoms with Crippen molar-refractivity contribution < 1.29 is 22.7 Å². The molecule has 0 aromatic heterocycles. The fourth-order valence-corrected chi connectivity index (χ4v) is 2.95. The van der Waals surface area contributed by atoms with Crippen LogP contribution in [0.5, 0.6) is 5.75 Å². The molecule has 7 heteroatoms. The van der Waals surface area contributed by atoms with Crippen LogP contribution in [0, 0.1) is 0 Å². The van der Waals surface area contributed by atoms with Gasteiger partial charge in [-0.15, -0.1) is 0 Å². The topological polar surface area (TPSA) is 32.8 Å². The van der Waals surface area contributed by atoms with E-state index in [2.05, 4.69) is 0 Å². The number of rotatable bonds is 3. The van der Waals surface area contributed by atoms with Gasteiger partial charge in [0.15, 0.2) is 0 Å². The first-order valence-electron chi connectivity index (χ1n) is 8.24. The molecule has 0 aliphatic carbocycles. The average molecular weight is 364 g/mol. The van der Waals surface area contributed by atoms with Crippen molar-refractivity contribution in [1.29, 1.82) is 0 Å². The summed E-state index contributed by atoms with van der Waals surface area (Å²) in [6.45, 7) is 2.19. The third-order valence-corrected chi connectivity index (χ3v) is 4.46. The average Bonchev–Trinajstić information content (AvgIpc) is 2.67. The summed E-state index contributed by atoms with van der Waals surface area (Å²) in [5.74, 6) is 0.633. The second-order valence-corrected chi connectivity index (χ2v) is 6.05. The summed E-state index contributed by atoms with van der Waals surface area (Å²) in [6, 6.07) is 12.1. The Balaban J connectivity index is 1.60. The highest BCUT2D eigenvalue weighted by Crippen LogP contribution is 2.30. The number of anilines is 1. The molecule has 1 heterocycles. The SMILES string of the molecule is COc1ccc(C(=O)N2CCN(c3ccc(C(F)(F)F)cc3)CC2)cc1. The lowest BCUT2D eigenvalue weighted by molar-refractivity contribution is -0.137. The minimum absolute atomic E-state index is 0.0558. The molecule has 3 rings (SSSR count). The number of hydrogen-bond donors (Lipinski definition) is 0. The van der Waals surface area contributed by atoms with Gasteiger partial charge in [-0.3, -0.25) is 4.79 Å². The molecule has 138 valence electrons. The van der Waals surface area contributed by atoms with E-state index in [0.717, 1.165) is 17.8 Å². The number of alkyl halides is 3. The van der Waals surface area contributed by atoms with Gasteiger partial charge in [0, 0.05) is 37.4 Å². The summed E-state index contributed by atoms with van der Waals surface area (Å²) in [6.07, 6.45) is -4.33. The number of piperazine rings is 1. The maximum Gasteiger partial charge on any atom is 0.416 e. The summed E-state index contributed by atoms with van der Waals surface area (Å²) in [5, 5.41) is 0. The van der Waals surface area contributed by atoms with E-state index in [0.29, 0.717) is 37.5 Å². The van der Waals surface area contributed by atoms with Gasteiger partial charge in [-0.05, 0) is 48.5 Å². The molecule has 0 bridgehead atoms. The van der Waals surface area contributed by atoms with E-state index in [-0.39, 0.29) is 5.91 Å². The Hall–Kier alpha value is -2.70. The second kappa shape index (κ2) is 7.27. The van der Waals surface area contributed by atoms with Crippen molar-refractivity contribution in [2.45, 2.75) is 6.18 Å². The van der Waals surface area contributed by atoms with Crippen LogP contribution in [0.3, 0.4) is 0 Å². The molecule has 0 radical (unpaired) electrons. The Morgan fingerprint density at radius 1 is 0.923 bits per heavy atom. The third kappa shape index (κ3) is 3.92. The molecular weight excluding hydrogens is 345 g/mol. The van der Waals surface area contributed by atoms with E-state index in [1.165, 1.54) is 12.1 Å². The van der Waals surface area contributed by atoms with Crippen LogP contribution in [0.4, 0.5) is 18.9 Å². The molecule has 1 fully saturated rings. The number of halogens is 3. The van der Waals surface area contributed by atoms with Crippen LogP contribution in [0.1, 0.15) is 15.9 Å². The van der Waals surface area contributed by atoms with E-state index in [4.69, 9.17) is 4.74 Å². The normalized spacial score (nSPS) is 15.1. The highest BCUT2D eigenvalue weighted by molar-refractivity contribution is 5.94. The van der Waals surface area contributed by atoms with Crippen molar-refractivity contribution >= 4 is 11.6 Å². The Labute approximate surface area is 149 Å². The van der Waals surface area contributed by atoms with E-state index in [1.54, 1.807) is 36.3 Å². The number of benzene rings is 2. The van der Waals surface area contributed by atoms with Gasteiger partial charge in [-0.1, -0.05) is 0 Å². The molecule has 1 aliphatic heterocycles. The molecule has 0 spiro atoms. The van der Waals surface area contributed by atoms with E-state index < -0.39 is 11.7 Å².